The van der Waals surface area contributed by atoms with Gasteiger partial charge in [-0.25, -0.2) is 14.4 Å². The molecule has 0 radical (unpaired) electrons. The van der Waals surface area contributed by atoms with Gasteiger partial charge in [-0.05, 0) is 30.0 Å². The fraction of sp³-hybridized carbons (Fsp3) is 0.321. The fourth-order valence-corrected chi connectivity index (χ4v) is 4.94. The summed E-state index contributed by atoms with van der Waals surface area (Å²) in [5.41, 5.74) is 0.796. The molecule has 1 unspecified atom stereocenters. The molecule has 2 aromatic heterocycles. The molecular formula is C28H25F4N7O3. The molecule has 1 fully saturated rings. The van der Waals surface area contributed by atoms with Gasteiger partial charge in [-0.15, -0.1) is 5.10 Å². The number of allylic oxidation sites excluding steroid dienone is 4. The van der Waals surface area contributed by atoms with E-state index in [1.165, 1.54) is 12.1 Å². The molecule has 1 aromatic carbocycles. The minimum Gasteiger partial charge on any atom is -0.402 e. The third-order valence-electron chi connectivity index (χ3n) is 7.00. The van der Waals surface area contributed by atoms with Crippen LogP contribution in [0.2, 0.25) is 0 Å². The Morgan fingerprint density at radius 1 is 1.17 bits per heavy atom. The van der Waals surface area contributed by atoms with Gasteiger partial charge < -0.3 is 24.7 Å². The van der Waals surface area contributed by atoms with Crippen LogP contribution in [-0.4, -0.2) is 59.3 Å². The number of aromatic nitrogens is 3. The SMILES string of the molecule is CC1C=C(C2=N[C@H](Nc3nnc(-c4ncc(C(F)(F)F)cc4N4CCOCC4)o3)C(=O)Nc3c(F)cccc32)C=CC1. The zero-order chi connectivity index (χ0) is 29.4. The molecule has 1 saturated heterocycles. The number of carbonyl (C=O) groups is 1. The number of benzodiazepines with no additional fused rings is 1. The number of pyridine rings is 1. The molecule has 3 aromatic rings. The first-order valence-electron chi connectivity index (χ1n) is 13.2. The Balaban J connectivity index is 1.34. The molecule has 2 atom stereocenters. The predicted molar refractivity (Wildman–Crippen MR) is 146 cm³/mol. The highest BCUT2D eigenvalue weighted by molar-refractivity contribution is 6.21. The van der Waals surface area contributed by atoms with E-state index in [0.29, 0.717) is 43.8 Å². The molecule has 10 nitrogen and oxygen atoms in total. The van der Waals surface area contributed by atoms with Gasteiger partial charge in [-0.3, -0.25) is 4.79 Å². The minimum atomic E-state index is -4.60. The number of hydrogen-bond donors (Lipinski definition) is 2. The van der Waals surface area contributed by atoms with Gasteiger partial charge in [0.15, 0.2) is 5.69 Å². The van der Waals surface area contributed by atoms with Gasteiger partial charge in [0.1, 0.15) is 5.82 Å². The average molecular weight is 584 g/mol. The monoisotopic (exact) mass is 583 g/mol. The van der Waals surface area contributed by atoms with Crippen LogP contribution in [0, 0.1) is 11.7 Å². The Morgan fingerprint density at radius 3 is 2.74 bits per heavy atom. The molecule has 14 heteroatoms. The van der Waals surface area contributed by atoms with Gasteiger partial charge >= 0.3 is 12.2 Å². The topological polar surface area (TPSA) is 118 Å². The number of aliphatic imine (C=N–C) groups is 1. The number of carbonyl (C=O) groups excluding carboxylic acids is 1. The zero-order valence-corrected chi connectivity index (χ0v) is 22.3. The number of fused-ring (bicyclic) bond motifs is 1. The molecular weight excluding hydrogens is 558 g/mol. The van der Waals surface area contributed by atoms with Crippen molar-refractivity contribution < 1.29 is 31.5 Å². The molecule has 0 spiro atoms. The summed E-state index contributed by atoms with van der Waals surface area (Å²) in [6, 6.07) is 5.20. The maximum atomic E-state index is 14.8. The van der Waals surface area contributed by atoms with Crippen LogP contribution in [0.1, 0.15) is 24.5 Å². The summed E-state index contributed by atoms with van der Waals surface area (Å²) in [4.78, 5) is 23.5. The second-order valence-corrected chi connectivity index (χ2v) is 10.0. The highest BCUT2D eigenvalue weighted by atomic mass is 19.4. The van der Waals surface area contributed by atoms with E-state index in [9.17, 15) is 22.4 Å². The lowest BCUT2D eigenvalue weighted by molar-refractivity contribution is -0.137. The number of hydrogen-bond acceptors (Lipinski definition) is 9. The molecule has 218 valence electrons. The van der Waals surface area contributed by atoms with E-state index in [0.717, 1.165) is 18.1 Å². The summed E-state index contributed by atoms with van der Waals surface area (Å²) in [7, 11) is 0. The normalized spacial score (nSPS) is 20.8. The van der Waals surface area contributed by atoms with Crippen molar-refractivity contribution in [1.82, 2.24) is 15.2 Å². The van der Waals surface area contributed by atoms with Gasteiger partial charge in [-0.1, -0.05) is 42.4 Å². The molecule has 1 aliphatic carbocycles. The Kier molecular flexibility index (Phi) is 7.22. The standard InChI is InChI=1S/C28H25F4N7O3/c1-15-4-2-5-16(12-15)21-18-6-3-7-19(29)22(18)35-25(40)24(34-21)36-27-38-37-26(42-27)23-20(39-8-10-41-11-9-39)13-17(14-33-23)28(30,31)32/h2-3,5-7,12-15,24H,4,8-11H2,1H3,(H,35,40)(H,36,38)/t15?,24-/m1/s1. The van der Waals surface area contributed by atoms with Crippen molar-refractivity contribution in [2.45, 2.75) is 25.7 Å². The van der Waals surface area contributed by atoms with E-state index in [1.807, 2.05) is 25.2 Å². The molecule has 42 heavy (non-hydrogen) atoms. The number of para-hydroxylation sites is 1. The summed E-state index contributed by atoms with van der Waals surface area (Å²) in [5.74, 6) is -1.25. The lowest BCUT2D eigenvalue weighted by atomic mass is 9.92. The number of anilines is 3. The van der Waals surface area contributed by atoms with Crippen molar-refractivity contribution in [2.75, 3.05) is 41.8 Å². The molecule has 4 heterocycles. The van der Waals surface area contributed by atoms with Crippen LogP contribution in [-0.2, 0) is 15.7 Å². The summed E-state index contributed by atoms with van der Waals surface area (Å²) in [6.45, 7) is 3.38. The number of alkyl halides is 3. The van der Waals surface area contributed by atoms with E-state index in [2.05, 4.69) is 30.8 Å². The third kappa shape index (κ3) is 5.49. The van der Waals surface area contributed by atoms with Crippen molar-refractivity contribution in [3.8, 4) is 11.6 Å². The van der Waals surface area contributed by atoms with Gasteiger partial charge in [0.25, 0.3) is 11.8 Å². The molecule has 3 aliphatic rings. The maximum absolute atomic E-state index is 14.8. The molecule has 1 amide bonds. The first-order valence-corrected chi connectivity index (χ1v) is 13.2. The Labute approximate surface area is 237 Å². The molecule has 0 bridgehead atoms. The number of ether oxygens (including phenoxy) is 1. The Hall–Kier alpha value is -4.59. The minimum absolute atomic E-state index is 0.00611. The molecule has 2 N–H and O–H groups in total. The quantitative estimate of drug-likeness (QED) is 0.411. The van der Waals surface area contributed by atoms with E-state index >= 15 is 0 Å². The zero-order valence-electron chi connectivity index (χ0n) is 22.3. The van der Waals surface area contributed by atoms with Crippen LogP contribution in [0.3, 0.4) is 0 Å². The lowest BCUT2D eigenvalue weighted by Crippen LogP contribution is -2.36. The van der Waals surface area contributed by atoms with Crippen LogP contribution in [0.25, 0.3) is 11.6 Å². The number of nitrogens with zero attached hydrogens (tertiary/aromatic N) is 5. The molecule has 6 rings (SSSR count). The number of benzene rings is 1. The van der Waals surface area contributed by atoms with Gasteiger partial charge in [0, 0.05) is 24.8 Å². The molecule has 0 saturated carbocycles. The second-order valence-electron chi connectivity index (χ2n) is 10.0. The number of amides is 1. The maximum Gasteiger partial charge on any atom is 0.417 e. The summed E-state index contributed by atoms with van der Waals surface area (Å²) >= 11 is 0. The highest BCUT2D eigenvalue weighted by Crippen LogP contribution is 2.36. The smallest absolute Gasteiger partial charge is 0.402 e. The summed E-state index contributed by atoms with van der Waals surface area (Å²) in [5, 5.41) is 13.3. The average Bonchev–Trinajstić information content (AvgIpc) is 3.38. The summed E-state index contributed by atoms with van der Waals surface area (Å²) < 4.78 is 66.4. The van der Waals surface area contributed by atoms with Gasteiger partial charge in [0.2, 0.25) is 6.17 Å². The van der Waals surface area contributed by atoms with Crippen LogP contribution in [0.4, 0.5) is 35.0 Å². The van der Waals surface area contributed by atoms with Crippen LogP contribution in [0.5, 0.6) is 0 Å². The van der Waals surface area contributed by atoms with Crippen molar-refractivity contribution in [3.63, 3.8) is 0 Å². The van der Waals surface area contributed by atoms with E-state index in [-0.39, 0.29) is 34.9 Å². The third-order valence-corrected chi connectivity index (χ3v) is 7.00. The van der Waals surface area contributed by atoms with Crippen LogP contribution >= 0.6 is 0 Å². The highest BCUT2D eigenvalue weighted by Gasteiger charge is 2.34. The first kappa shape index (κ1) is 27.6. The van der Waals surface area contributed by atoms with Crippen molar-refractivity contribution in [2.24, 2.45) is 10.9 Å². The number of halogens is 4. The van der Waals surface area contributed by atoms with Gasteiger partial charge in [0.05, 0.1) is 35.9 Å². The first-order chi connectivity index (χ1) is 20.2. The predicted octanol–water partition coefficient (Wildman–Crippen LogP) is 4.83. The largest absolute Gasteiger partial charge is 0.417 e. The van der Waals surface area contributed by atoms with Gasteiger partial charge in [-0.2, -0.15) is 13.2 Å². The van der Waals surface area contributed by atoms with Crippen molar-refractivity contribution in [1.29, 1.82) is 0 Å². The number of morpholine rings is 1. The van der Waals surface area contributed by atoms with E-state index < -0.39 is 29.6 Å². The Morgan fingerprint density at radius 2 is 1.98 bits per heavy atom. The number of rotatable bonds is 5. The van der Waals surface area contributed by atoms with Crippen LogP contribution < -0.4 is 15.5 Å². The number of nitrogens with one attached hydrogen (secondary N) is 2. The Bertz CT molecular complexity index is 1610. The van der Waals surface area contributed by atoms with E-state index in [4.69, 9.17) is 9.15 Å². The van der Waals surface area contributed by atoms with Crippen molar-refractivity contribution in [3.05, 3.63) is 71.2 Å². The van der Waals surface area contributed by atoms with Crippen molar-refractivity contribution >= 4 is 29.0 Å². The van der Waals surface area contributed by atoms with E-state index in [1.54, 1.807) is 11.0 Å². The molecule has 2 aliphatic heterocycles. The second kappa shape index (κ2) is 11.0. The fourth-order valence-electron chi connectivity index (χ4n) is 4.94. The summed E-state index contributed by atoms with van der Waals surface area (Å²) in [6.07, 6.45) is 1.48. The van der Waals surface area contributed by atoms with Crippen LogP contribution in [0.15, 0.2) is 63.7 Å². The lowest BCUT2D eigenvalue weighted by Gasteiger charge is -2.30.